The molecule has 0 radical (unpaired) electrons. The topological polar surface area (TPSA) is 113 Å². The van der Waals surface area contributed by atoms with E-state index in [2.05, 4.69) is 13.2 Å². The number of carbonyl (C=O) groups is 4. The van der Waals surface area contributed by atoms with Crippen LogP contribution in [0.4, 0.5) is 0 Å². The van der Waals surface area contributed by atoms with E-state index in [1.165, 1.54) is 13.8 Å². The highest BCUT2D eigenvalue weighted by Gasteiger charge is 2.44. The monoisotopic (exact) mass is 644 g/mol. The molecule has 8 nitrogen and oxygen atoms in total. The van der Waals surface area contributed by atoms with Crippen molar-refractivity contribution >= 4 is 35.4 Å². The van der Waals surface area contributed by atoms with E-state index >= 15 is 0 Å². The molecule has 0 aliphatic carbocycles. The molecule has 242 valence electrons. The summed E-state index contributed by atoms with van der Waals surface area (Å²) in [5, 5.41) is 0.173. The van der Waals surface area contributed by atoms with Crippen molar-refractivity contribution in [2.45, 2.75) is 61.2 Å². The van der Waals surface area contributed by atoms with E-state index in [-0.39, 0.29) is 47.4 Å². The van der Waals surface area contributed by atoms with Crippen LogP contribution < -0.4 is 5.30 Å². The first-order chi connectivity index (χ1) is 21.6. The molecule has 0 fully saturated rings. The zero-order valence-corrected chi connectivity index (χ0v) is 28.4. The maximum absolute atomic E-state index is 14.9. The van der Waals surface area contributed by atoms with Crippen LogP contribution in [0.5, 0.6) is 0 Å². The van der Waals surface area contributed by atoms with Crippen LogP contribution in [-0.4, -0.2) is 42.3 Å². The van der Waals surface area contributed by atoms with E-state index < -0.39 is 36.2 Å². The van der Waals surface area contributed by atoms with Gasteiger partial charge in [-0.3, -0.25) is 9.59 Å². The molecule has 0 aromatic heterocycles. The predicted molar refractivity (Wildman–Crippen MR) is 179 cm³/mol. The third-order valence-corrected chi connectivity index (χ3v) is 9.99. The minimum atomic E-state index is -4.34. The first-order valence-corrected chi connectivity index (χ1v) is 16.5. The largest absolute Gasteiger partial charge is 0.459 e. The molecule has 3 aromatic carbocycles. The summed E-state index contributed by atoms with van der Waals surface area (Å²) >= 11 is 0. The number of hydrogen-bond acceptors (Lipinski definition) is 8. The first kappa shape index (κ1) is 36.1. The average molecular weight is 645 g/mol. The maximum atomic E-state index is 14.9. The fraction of sp³-hybridized carbons (Fsp3) is 0.297. The molecule has 0 N–H and O–H groups in total. The summed E-state index contributed by atoms with van der Waals surface area (Å²) in [4.78, 5) is 52.5. The smallest absolute Gasteiger partial charge is 0.333 e. The second-order valence-corrected chi connectivity index (χ2v) is 14.2. The average Bonchev–Trinajstić information content (AvgIpc) is 2.99. The second-order valence-electron chi connectivity index (χ2n) is 11.6. The molecule has 9 heteroatoms. The molecule has 0 heterocycles. The van der Waals surface area contributed by atoms with Gasteiger partial charge in [-0.25, -0.2) is 9.59 Å². The van der Waals surface area contributed by atoms with Crippen molar-refractivity contribution in [2.75, 3.05) is 13.2 Å². The Morgan fingerprint density at radius 1 is 0.696 bits per heavy atom. The van der Waals surface area contributed by atoms with Crippen molar-refractivity contribution in [1.82, 2.24) is 0 Å². The summed E-state index contributed by atoms with van der Waals surface area (Å²) in [6.07, 6.45) is -0.801. The molecule has 0 bridgehead atoms. The van der Waals surface area contributed by atoms with Crippen LogP contribution in [0.3, 0.4) is 0 Å². The van der Waals surface area contributed by atoms with Gasteiger partial charge >= 0.3 is 11.9 Å². The molecular weight excluding hydrogens is 603 g/mol. The minimum Gasteiger partial charge on any atom is -0.459 e. The lowest BCUT2D eigenvalue weighted by atomic mass is 10.0. The SMILES string of the molecule is C=C(C)C(=O)OCC(COC(=O)C(=C)C)OCc1cc(C)c(C(=O)P(=O)(C(=O)c2c(C)cc(C)cc2C)c2ccccc2)c(C)c1. The summed E-state index contributed by atoms with van der Waals surface area (Å²) in [6.45, 7) is 18.7. The summed E-state index contributed by atoms with van der Waals surface area (Å²) < 4.78 is 31.3. The third-order valence-electron chi connectivity index (χ3n) is 7.37. The zero-order chi connectivity index (χ0) is 34.3. The number of esters is 2. The lowest BCUT2D eigenvalue weighted by Gasteiger charge is -2.22. The van der Waals surface area contributed by atoms with Crippen molar-refractivity contribution in [2.24, 2.45) is 0 Å². The van der Waals surface area contributed by atoms with Crippen LogP contribution in [0.2, 0.25) is 0 Å². The maximum Gasteiger partial charge on any atom is 0.333 e. The molecule has 0 aliphatic heterocycles. The quantitative estimate of drug-likeness (QED) is 0.105. The summed E-state index contributed by atoms with van der Waals surface area (Å²) in [5.41, 5.74) is 3.46. The van der Waals surface area contributed by atoms with Crippen LogP contribution in [0.1, 0.15) is 67.9 Å². The summed E-state index contributed by atoms with van der Waals surface area (Å²) in [6, 6.07) is 15.3. The second kappa shape index (κ2) is 15.3. The molecule has 46 heavy (non-hydrogen) atoms. The fourth-order valence-electron chi connectivity index (χ4n) is 5.21. The van der Waals surface area contributed by atoms with Gasteiger partial charge in [-0.2, -0.15) is 0 Å². The predicted octanol–water partition coefficient (Wildman–Crippen LogP) is 7.02. The number of benzene rings is 3. The van der Waals surface area contributed by atoms with E-state index in [1.807, 2.05) is 19.1 Å². The van der Waals surface area contributed by atoms with Crippen LogP contribution in [0.25, 0.3) is 0 Å². The van der Waals surface area contributed by atoms with Crippen molar-refractivity contribution in [3.8, 4) is 0 Å². The molecule has 0 amide bonds. The Morgan fingerprint density at radius 3 is 1.52 bits per heavy atom. The van der Waals surface area contributed by atoms with Crippen LogP contribution in [-0.2, 0) is 35.0 Å². The standard InChI is InChI=1S/C37H41O8P/c1-22(2)34(38)44-20-30(21-45-35(39)23(3)4)43-19-29-17-27(8)33(28(9)18-29)37(41)46(42,31-13-11-10-12-14-31)36(40)32-25(6)15-24(5)16-26(32)7/h10-18,30H,1,3,19-21H2,2,4-9H3. The Kier molecular flexibility index (Phi) is 12.0. The van der Waals surface area contributed by atoms with E-state index in [9.17, 15) is 23.7 Å². The molecular formula is C37H41O8P. The number of ether oxygens (including phenoxy) is 3. The van der Waals surface area contributed by atoms with Gasteiger partial charge in [0.25, 0.3) is 0 Å². The zero-order valence-electron chi connectivity index (χ0n) is 27.5. The lowest BCUT2D eigenvalue weighted by molar-refractivity contribution is -0.151. The van der Waals surface area contributed by atoms with Crippen LogP contribution in [0, 0.1) is 34.6 Å². The molecule has 3 aromatic rings. The Labute approximate surface area is 270 Å². The number of carbonyl (C=O) groups excluding carboxylic acids is 4. The molecule has 3 rings (SSSR count). The van der Waals surface area contributed by atoms with Gasteiger partial charge in [0.1, 0.15) is 19.3 Å². The molecule has 0 saturated carbocycles. The Bertz CT molecular complexity index is 1680. The van der Waals surface area contributed by atoms with Gasteiger partial charge in [0, 0.05) is 27.6 Å². The van der Waals surface area contributed by atoms with Gasteiger partial charge in [-0.15, -0.1) is 0 Å². The van der Waals surface area contributed by atoms with E-state index in [1.54, 1.807) is 70.2 Å². The van der Waals surface area contributed by atoms with Crippen molar-refractivity contribution in [3.63, 3.8) is 0 Å². The van der Waals surface area contributed by atoms with Gasteiger partial charge in [-0.1, -0.05) is 73.3 Å². The van der Waals surface area contributed by atoms with Gasteiger partial charge in [0.15, 0.2) is 0 Å². The highest BCUT2D eigenvalue weighted by molar-refractivity contribution is 8.01. The molecule has 1 unspecified atom stereocenters. The Balaban J connectivity index is 1.96. The van der Waals surface area contributed by atoms with Gasteiger partial charge < -0.3 is 18.8 Å². The molecule has 0 aliphatic rings. The van der Waals surface area contributed by atoms with Crippen molar-refractivity contribution in [1.29, 1.82) is 0 Å². The van der Waals surface area contributed by atoms with Gasteiger partial charge in [0.05, 0.1) is 6.61 Å². The fourth-order valence-corrected chi connectivity index (χ4v) is 7.79. The Morgan fingerprint density at radius 2 is 1.11 bits per heavy atom. The third kappa shape index (κ3) is 8.25. The van der Waals surface area contributed by atoms with Gasteiger partial charge in [0.2, 0.25) is 18.2 Å². The normalized spacial score (nSPS) is 12.3. The summed E-state index contributed by atoms with van der Waals surface area (Å²) in [7, 11) is -4.34. The van der Waals surface area contributed by atoms with E-state index in [0.717, 1.165) is 5.56 Å². The number of aryl methyl sites for hydroxylation is 5. The number of hydrogen-bond donors (Lipinski definition) is 0. The molecule has 1 atom stereocenters. The highest BCUT2D eigenvalue weighted by Crippen LogP contribution is 2.52. The highest BCUT2D eigenvalue weighted by atomic mass is 31.2. The van der Waals surface area contributed by atoms with Crippen molar-refractivity contribution < 1.29 is 38.0 Å². The van der Waals surface area contributed by atoms with Crippen molar-refractivity contribution in [3.05, 3.63) is 123 Å². The first-order valence-electron chi connectivity index (χ1n) is 14.8. The van der Waals surface area contributed by atoms with Crippen LogP contribution >= 0.6 is 7.14 Å². The lowest BCUT2D eigenvalue weighted by Crippen LogP contribution is -2.29. The van der Waals surface area contributed by atoms with Gasteiger partial charge in [-0.05, 0) is 76.3 Å². The minimum absolute atomic E-state index is 0.0209. The molecule has 0 saturated heterocycles. The van der Waals surface area contributed by atoms with Crippen LogP contribution in [0.15, 0.2) is 78.9 Å². The Hall–Kier alpha value is -4.39. The molecule has 0 spiro atoms. The van der Waals surface area contributed by atoms with E-state index in [0.29, 0.717) is 27.8 Å². The van der Waals surface area contributed by atoms with E-state index in [4.69, 9.17) is 14.2 Å². The summed E-state index contributed by atoms with van der Waals surface area (Å²) in [5.74, 6) is -1.22. The number of rotatable bonds is 14.